The van der Waals surface area contributed by atoms with Crippen LogP contribution in [0.4, 0.5) is 4.39 Å². The van der Waals surface area contributed by atoms with E-state index in [1.54, 1.807) is 12.1 Å². The molecule has 0 amide bonds. The maximum atomic E-state index is 13.3. The van der Waals surface area contributed by atoms with Gasteiger partial charge in [0.15, 0.2) is 5.69 Å². The van der Waals surface area contributed by atoms with Crippen molar-refractivity contribution in [3.8, 4) is 23.0 Å². The van der Waals surface area contributed by atoms with Gasteiger partial charge in [0.25, 0.3) is 0 Å². The number of hydrogen-bond donors (Lipinski definition) is 0. The fourth-order valence-electron chi connectivity index (χ4n) is 1.93. The van der Waals surface area contributed by atoms with E-state index in [-0.39, 0.29) is 10.7 Å². The summed E-state index contributed by atoms with van der Waals surface area (Å²) >= 11 is 11.6. The van der Waals surface area contributed by atoms with Crippen LogP contribution >= 0.6 is 23.2 Å². The van der Waals surface area contributed by atoms with Crippen molar-refractivity contribution in [2.75, 3.05) is 0 Å². The lowest BCUT2D eigenvalue weighted by Gasteiger charge is -2.07. The lowest BCUT2D eigenvalue weighted by molar-refractivity contribution is 0.627. The maximum absolute atomic E-state index is 13.3. The zero-order chi connectivity index (χ0) is 15.7. The molecule has 5 nitrogen and oxygen atoms in total. The van der Waals surface area contributed by atoms with Gasteiger partial charge in [-0.25, -0.2) is 14.1 Å². The van der Waals surface area contributed by atoms with Gasteiger partial charge in [-0.2, -0.15) is 5.26 Å². The third-order valence-electron chi connectivity index (χ3n) is 2.92. The van der Waals surface area contributed by atoms with Crippen LogP contribution in [0.1, 0.15) is 5.69 Å². The van der Waals surface area contributed by atoms with Crippen molar-refractivity contribution in [1.29, 1.82) is 5.26 Å². The molecule has 0 unspecified atom stereocenters. The normalized spacial score (nSPS) is 10.5. The van der Waals surface area contributed by atoms with Crippen molar-refractivity contribution < 1.29 is 4.39 Å². The molecule has 3 rings (SSSR count). The van der Waals surface area contributed by atoms with E-state index in [1.807, 2.05) is 6.07 Å². The Morgan fingerprint density at radius 2 is 2.00 bits per heavy atom. The number of nitrogens with zero attached hydrogens (tertiary/aromatic N) is 5. The summed E-state index contributed by atoms with van der Waals surface area (Å²) in [6.45, 7) is 0. The fraction of sp³-hybridized carbons (Fsp3) is 0. The zero-order valence-corrected chi connectivity index (χ0v) is 12.3. The Morgan fingerprint density at radius 3 is 2.64 bits per heavy atom. The Balaban J connectivity index is 2.21. The third-order valence-corrected chi connectivity index (χ3v) is 3.44. The summed E-state index contributed by atoms with van der Waals surface area (Å²) in [5.74, 6) is -0.541. The summed E-state index contributed by atoms with van der Waals surface area (Å²) in [7, 11) is 0. The quantitative estimate of drug-likeness (QED) is 0.671. The van der Waals surface area contributed by atoms with E-state index in [2.05, 4.69) is 15.3 Å². The monoisotopic (exact) mass is 333 g/mol. The van der Waals surface area contributed by atoms with Crippen molar-refractivity contribution >= 4 is 23.2 Å². The number of halogens is 3. The van der Waals surface area contributed by atoms with Crippen LogP contribution in [-0.2, 0) is 0 Å². The van der Waals surface area contributed by atoms with Gasteiger partial charge < -0.3 is 0 Å². The molecule has 0 atom stereocenters. The Hall–Kier alpha value is -2.49. The lowest BCUT2D eigenvalue weighted by atomic mass is 10.1. The van der Waals surface area contributed by atoms with Gasteiger partial charge in [0.1, 0.15) is 22.7 Å². The molecule has 0 aliphatic carbocycles. The molecular formula is C14H6Cl2FN5. The van der Waals surface area contributed by atoms with Crippen LogP contribution in [0.15, 0.2) is 36.5 Å². The smallest absolute Gasteiger partial charge is 0.191 e. The summed E-state index contributed by atoms with van der Waals surface area (Å²) in [5, 5.41) is 17.2. The van der Waals surface area contributed by atoms with E-state index >= 15 is 0 Å². The Bertz CT molecular complexity index is 883. The second kappa shape index (κ2) is 5.72. The molecule has 0 saturated carbocycles. The highest BCUT2D eigenvalue weighted by atomic mass is 35.5. The van der Waals surface area contributed by atoms with Gasteiger partial charge in [-0.3, -0.25) is 0 Å². The van der Waals surface area contributed by atoms with E-state index in [9.17, 15) is 9.65 Å². The molecule has 8 heteroatoms. The number of benzene rings is 1. The first-order chi connectivity index (χ1) is 10.6. The van der Waals surface area contributed by atoms with Crippen LogP contribution in [0, 0.1) is 17.1 Å². The SMILES string of the molecule is N#Cc1nnn(-c2ccc(F)c(Cl)c2)c1-c1ccc(Cl)nc1. The van der Waals surface area contributed by atoms with E-state index in [0.717, 1.165) is 0 Å². The Morgan fingerprint density at radius 1 is 1.18 bits per heavy atom. The van der Waals surface area contributed by atoms with Gasteiger partial charge in [-0.15, -0.1) is 5.10 Å². The van der Waals surface area contributed by atoms with E-state index < -0.39 is 5.82 Å². The van der Waals surface area contributed by atoms with Crippen molar-refractivity contribution in [3.63, 3.8) is 0 Å². The average molecular weight is 334 g/mol. The number of nitriles is 1. The molecule has 1 aromatic carbocycles. The highest BCUT2D eigenvalue weighted by Gasteiger charge is 2.17. The average Bonchev–Trinajstić information content (AvgIpc) is 2.95. The molecule has 3 aromatic rings. The number of pyridine rings is 1. The highest BCUT2D eigenvalue weighted by Crippen LogP contribution is 2.27. The third kappa shape index (κ3) is 2.52. The largest absolute Gasteiger partial charge is 0.244 e. The molecule has 0 aliphatic heterocycles. The van der Waals surface area contributed by atoms with Gasteiger partial charge in [0, 0.05) is 11.8 Å². The first-order valence-electron chi connectivity index (χ1n) is 6.03. The van der Waals surface area contributed by atoms with Gasteiger partial charge in [0.05, 0.1) is 10.7 Å². The van der Waals surface area contributed by atoms with Crippen molar-refractivity contribution in [2.45, 2.75) is 0 Å². The van der Waals surface area contributed by atoms with Crippen LogP contribution in [0.25, 0.3) is 16.9 Å². The van der Waals surface area contributed by atoms with Gasteiger partial charge in [-0.05, 0) is 30.3 Å². The number of aromatic nitrogens is 4. The molecule has 0 fully saturated rings. The molecular weight excluding hydrogens is 328 g/mol. The molecule has 0 aliphatic rings. The van der Waals surface area contributed by atoms with Gasteiger partial charge in [-0.1, -0.05) is 28.4 Å². The minimum Gasteiger partial charge on any atom is -0.244 e. The van der Waals surface area contributed by atoms with Crippen molar-refractivity contribution in [1.82, 2.24) is 20.0 Å². The van der Waals surface area contributed by atoms with Crippen molar-refractivity contribution in [2.24, 2.45) is 0 Å². The lowest BCUT2D eigenvalue weighted by Crippen LogP contribution is -2.00. The second-order valence-electron chi connectivity index (χ2n) is 4.28. The van der Waals surface area contributed by atoms with Gasteiger partial charge in [0.2, 0.25) is 0 Å². The first kappa shape index (κ1) is 14.4. The Kier molecular flexibility index (Phi) is 3.75. The molecule has 0 saturated heterocycles. The number of hydrogen-bond acceptors (Lipinski definition) is 4. The van der Waals surface area contributed by atoms with Crippen LogP contribution < -0.4 is 0 Å². The highest BCUT2D eigenvalue weighted by molar-refractivity contribution is 6.31. The summed E-state index contributed by atoms with van der Waals surface area (Å²) in [6.07, 6.45) is 1.50. The predicted octanol–water partition coefficient (Wildman–Crippen LogP) is 3.65. The molecule has 2 aromatic heterocycles. The molecule has 0 bridgehead atoms. The second-order valence-corrected chi connectivity index (χ2v) is 5.07. The summed E-state index contributed by atoms with van der Waals surface area (Å²) < 4.78 is 14.7. The molecule has 0 radical (unpaired) electrons. The minimum absolute atomic E-state index is 0.0494. The topological polar surface area (TPSA) is 67.4 Å². The number of rotatable bonds is 2. The van der Waals surface area contributed by atoms with Crippen LogP contribution in [-0.4, -0.2) is 20.0 Å². The molecule has 0 N–H and O–H groups in total. The molecule has 108 valence electrons. The summed E-state index contributed by atoms with van der Waals surface area (Å²) in [4.78, 5) is 3.98. The molecule has 0 spiro atoms. The van der Waals surface area contributed by atoms with Gasteiger partial charge >= 0.3 is 0 Å². The zero-order valence-electron chi connectivity index (χ0n) is 10.8. The minimum atomic E-state index is -0.541. The van der Waals surface area contributed by atoms with E-state index in [4.69, 9.17) is 23.2 Å². The standard InChI is InChI=1S/C14H6Cl2FN5/c15-10-5-9(2-3-11(10)17)22-14(12(6-18)20-21-22)8-1-4-13(16)19-7-8/h1-5,7H. The van der Waals surface area contributed by atoms with Crippen molar-refractivity contribution in [3.05, 3.63) is 58.2 Å². The summed E-state index contributed by atoms with van der Waals surface area (Å²) in [5.41, 5.74) is 1.62. The van der Waals surface area contributed by atoms with Crippen LogP contribution in [0.5, 0.6) is 0 Å². The molecule has 22 heavy (non-hydrogen) atoms. The van der Waals surface area contributed by atoms with E-state index in [0.29, 0.717) is 22.1 Å². The maximum Gasteiger partial charge on any atom is 0.191 e. The van der Waals surface area contributed by atoms with Crippen LogP contribution in [0.3, 0.4) is 0 Å². The molecule has 2 heterocycles. The van der Waals surface area contributed by atoms with Crippen LogP contribution in [0.2, 0.25) is 10.2 Å². The first-order valence-corrected chi connectivity index (χ1v) is 6.79. The van der Waals surface area contributed by atoms with E-state index in [1.165, 1.54) is 29.1 Å². The summed E-state index contributed by atoms with van der Waals surface area (Å²) in [6, 6.07) is 9.35. The Labute approximate surface area is 134 Å². The predicted molar refractivity (Wildman–Crippen MR) is 79.3 cm³/mol. The fourth-order valence-corrected chi connectivity index (χ4v) is 2.22.